The van der Waals surface area contributed by atoms with Crippen molar-refractivity contribution in [1.29, 1.82) is 0 Å². The Hall–Kier alpha value is -4.15. The van der Waals surface area contributed by atoms with Gasteiger partial charge >= 0.3 is 12.1 Å². The highest BCUT2D eigenvalue weighted by Gasteiger charge is 2.29. The van der Waals surface area contributed by atoms with Gasteiger partial charge in [0.05, 0.1) is 19.4 Å². The van der Waals surface area contributed by atoms with Gasteiger partial charge in [0.1, 0.15) is 11.6 Å². The van der Waals surface area contributed by atoms with E-state index in [1.165, 1.54) is 7.11 Å². The summed E-state index contributed by atoms with van der Waals surface area (Å²) in [7, 11) is -2.05. The summed E-state index contributed by atoms with van der Waals surface area (Å²) in [5.41, 5.74) is 1.82. The van der Waals surface area contributed by atoms with Crippen LogP contribution in [-0.4, -0.2) is 51.5 Å². The van der Waals surface area contributed by atoms with E-state index in [0.717, 1.165) is 6.26 Å². The van der Waals surface area contributed by atoms with Crippen LogP contribution < -0.4 is 15.4 Å². The van der Waals surface area contributed by atoms with Crippen molar-refractivity contribution in [3.05, 3.63) is 59.7 Å². The molecule has 0 fully saturated rings. The van der Waals surface area contributed by atoms with Crippen molar-refractivity contribution in [2.24, 2.45) is 0 Å². The molecule has 10 heteroatoms. The van der Waals surface area contributed by atoms with Crippen molar-refractivity contribution in [1.82, 2.24) is 5.32 Å². The number of esters is 1. The third-order valence-corrected chi connectivity index (χ3v) is 5.18. The monoisotopic (exact) mass is 525 g/mol. The number of methoxy groups -OCH3 is 1. The number of ether oxygens (including phenoxy) is 2. The summed E-state index contributed by atoms with van der Waals surface area (Å²) in [6, 6.07) is 12.2. The van der Waals surface area contributed by atoms with Crippen molar-refractivity contribution in [2.45, 2.75) is 45.4 Å². The van der Waals surface area contributed by atoms with Gasteiger partial charge in [-0.15, -0.1) is 0 Å². The number of carbonyl (C=O) groups excluding carboxylic acids is 2. The number of sulfonamides is 1. The smallest absolute Gasteiger partial charge is 0.407 e. The number of hydrogen-bond acceptors (Lipinski definition) is 7. The first-order valence-electron chi connectivity index (χ1n) is 11.3. The van der Waals surface area contributed by atoms with Gasteiger partial charge in [-0.2, -0.15) is 0 Å². The predicted molar refractivity (Wildman–Crippen MR) is 143 cm³/mol. The molecule has 37 heavy (non-hydrogen) atoms. The van der Waals surface area contributed by atoms with E-state index in [2.05, 4.69) is 39.0 Å². The fourth-order valence-electron chi connectivity index (χ4n) is 2.96. The van der Waals surface area contributed by atoms with Crippen LogP contribution in [0, 0.1) is 23.7 Å². The lowest BCUT2D eigenvalue weighted by Crippen LogP contribution is -2.50. The largest absolute Gasteiger partial charge is 0.467 e. The van der Waals surface area contributed by atoms with Crippen LogP contribution >= 0.6 is 0 Å². The highest BCUT2D eigenvalue weighted by Crippen LogP contribution is 2.14. The van der Waals surface area contributed by atoms with Crippen LogP contribution in [0.15, 0.2) is 48.5 Å². The van der Waals surface area contributed by atoms with Crippen LogP contribution in [0.5, 0.6) is 0 Å². The van der Waals surface area contributed by atoms with Crippen molar-refractivity contribution in [3.8, 4) is 23.7 Å². The molecule has 1 amide bonds. The summed E-state index contributed by atoms with van der Waals surface area (Å²) < 4.78 is 35.0. The van der Waals surface area contributed by atoms with Crippen LogP contribution in [0.3, 0.4) is 0 Å². The van der Waals surface area contributed by atoms with E-state index in [1.54, 1.807) is 76.2 Å². The zero-order valence-electron chi connectivity index (χ0n) is 21.6. The molecule has 0 aromatic heterocycles. The standard InChI is InChI=1S/C27H31N3O6S/c1-19(28-26(32)36-27(2,3)4)24(25(31)35-5)29-22-15-11-20(12-16-22)9-7-8-10-21-13-17-23(18-14-21)30-37(6,33)34/h11-19,24,29-30H,1-6H3,(H,28,32). The zero-order chi connectivity index (χ0) is 27.6. The number of rotatable bonds is 7. The van der Waals surface area contributed by atoms with Crippen LogP contribution in [-0.2, 0) is 24.3 Å². The maximum absolute atomic E-state index is 12.3. The summed E-state index contributed by atoms with van der Waals surface area (Å²) in [5.74, 6) is 10.8. The fraction of sp³-hybridized carbons (Fsp3) is 0.333. The molecule has 0 saturated heterocycles. The van der Waals surface area contributed by atoms with Gasteiger partial charge in [-0.3, -0.25) is 4.72 Å². The first kappa shape index (κ1) is 29.1. The van der Waals surface area contributed by atoms with Gasteiger partial charge < -0.3 is 20.1 Å². The van der Waals surface area contributed by atoms with Crippen LogP contribution in [0.25, 0.3) is 0 Å². The Bertz CT molecular complexity index is 1320. The molecule has 9 nitrogen and oxygen atoms in total. The van der Waals surface area contributed by atoms with Gasteiger partial charge in [0.2, 0.25) is 10.0 Å². The SMILES string of the molecule is COC(=O)C(Nc1ccc(C#CC#Cc2ccc(NS(C)(=O)=O)cc2)cc1)C(C)NC(=O)OC(C)(C)C. The highest BCUT2D eigenvalue weighted by atomic mass is 32.2. The molecule has 2 atom stereocenters. The molecule has 0 aliphatic heterocycles. The molecule has 2 unspecified atom stereocenters. The molecule has 196 valence electrons. The van der Waals surface area contributed by atoms with Crippen molar-refractivity contribution < 1.29 is 27.5 Å². The molecule has 0 spiro atoms. The average Bonchev–Trinajstić information content (AvgIpc) is 2.79. The zero-order valence-corrected chi connectivity index (χ0v) is 22.4. The number of anilines is 2. The number of alkyl carbamates (subject to hydrolysis) is 1. The maximum Gasteiger partial charge on any atom is 0.407 e. The minimum absolute atomic E-state index is 0.456. The Morgan fingerprint density at radius 2 is 1.38 bits per heavy atom. The second-order valence-corrected chi connectivity index (χ2v) is 10.9. The summed E-state index contributed by atoms with van der Waals surface area (Å²) in [5, 5.41) is 5.72. The summed E-state index contributed by atoms with van der Waals surface area (Å²) in [6.07, 6.45) is 0.449. The Labute approximate surface area is 218 Å². The number of benzene rings is 2. The Kier molecular flexibility index (Phi) is 9.98. The minimum Gasteiger partial charge on any atom is -0.467 e. The first-order valence-corrected chi connectivity index (χ1v) is 13.2. The molecular weight excluding hydrogens is 494 g/mol. The molecule has 0 heterocycles. The van der Waals surface area contributed by atoms with E-state index in [4.69, 9.17) is 9.47 Å². The number of nitrogens with one attached hydrogen (secondary N) is 3. The fourth-order valence-corrected chi connectivity index (χ4v) is 3.53. The van der Waals surface area contributed by atoms with Crippen LogP contribution in [0.1, 0.15) is 38.8 Å². The number of carbonyl (C=O) groups is 2. The number of hydrogen-bond donors (Lipinski definition) is 3. The molecule has 0 bridgehead atoms. The molecule has 2 aromatic carbocycles. The second-order valence-electron chi connectivity index (χ2n) is 9.11. The third kappa shape index (κ3) is 11.0. The van der Waals surface area contributed by atoms with E-state index >= 15 is 0 Å². The van der Waals surface area contributed by atoms with Gasteiger partial charge in [0, 0.05) is 22.5 Å². The Morgan fingerprint density at radius 3 is 1.81 bits per heavy atom. The van der Waals surface area contributed by atoms with E-state index in [-0.39, 0.29) is 0 Å². The lowest BCUT2D eigenvalue weighted by molar-refractivity contribution is -0.142. The molecular formula is C27H31N3O6S. The molecule has 3 N–H and O–H groups in total. The molecule has 0 saturated carbocycles. The maximum atomic E-state index is 12.3. The lowest BCUT2D eigenvalue weighted by Gasteiger charge is -2.26. The average molecular weight is 526 g/mol. The van der Waals surface area contributed by atoms with Gasteiger partial charge in [0.25, 0.3) is 0 Å². The summed E-state index contributed by atoms with van der Waals surface area (Å²) in [6.45, 7) is 6.93. The first-order chi connectivity index (χ1) is 17.3. The Balaban J connectivity index is 2.02. The normalized spacial score (nSPS) is 12.4. The van der Waals surface area contributed by atoms with Crippen LogP contribution in [0.4, 0.5) is 16.2 Å². The summed E-state index contributed by atoms with van der Waals surface area (Å²) >= 11 is 0. The van der Waals surface area contributed by atoms with Crippen molar-refractivity contribution in [2.75, 3.05) is 23.4 Å². The van der Waals surface area contributed by atoms with Gasteiger partial charge in [-0.25, -0.2) is 18.0 Å². The Morgan fingerprint density at radius 1 is 0.892 bits per heavy atom. The van der Waals surface area contributed by atoms with E-state index in [0.29, 0.717) is 22.5 Å². The minimum atomic E-state index is -3.33. The summed E-state index contributed by atoms with van der Waals surface area (Å²) in [4.78, 5) is 24.4. The van der Waals surface area contributed by atoms with Gasteiger partial charge in [0.15, 0.2) is 0 Å². The topological polar surface area (TPSA) is 123 Å². The van der Waals surface area contributed by atoms with E-state index in [1.807, 2.05) is 0 Å². The van der Waals surface area contributed by atoms with E-state index in [9.17, 15) is 18.0 Å². The van der Waals surface area contributed by atoms with Gasteiger partial charge in [-0.1, -0.05) is 11.8 Å². The quantitative estimate of drug-likeness (QED) is 0.374. The molecule has 0 aliphatic rings. The molecule has 2 aromatic rings. The molecule has 0 aliphatic carbocycles. The second kappa shape index (κ2) is 12.7. The van der Waals surface area contributed by atoms with Gasteiger partial charge in [-0.05, 0) is 88.1 Å². The lowest BCUT2D eigenvalue weighted by atomic mass is 10.1. The van der Waals surface area contributed by atoms with Crippen LogP contribution in [0.2, 0.25) is 0 Å². The van der Waals surface area contributed by atoms with Crippen molar-refractivity contribution >= 4 is 33.5 Å². The van der Waals surface area contributed by atoms with Crippen molar-refractivity contribution in [3.63, 3.8) is 0 Å². The number of amides is 1. The molecule has 0 radical (unpaired) electrons. The predicted octanol–water partition coefficient (Wildman–Crippen LogP) is 3.33. The third-order valence-electron chi connectivity index (χ3n) is 4.57. The van der Waals surface area contributed by atoms with E-state index < -0.39 is 39.8 Å². The highest BCUT2D eigenvalue weighted by molar-refractivity contribution is 7.92. The molecule has 2 rings (SSSR count).